The SMILES string of the molecule is O=C1NC(=O)N(c2ccc3c(c2)OCO3)C(=O)/C1=C/c1cc(I)c(OCc2ccc(C(=O)O)cc2)c(I)c1. The summed E-state index contributed by atoms with van der Waals surface area (Å²) < 4.78 is 18.0. The average Bonchev–Trinajstić information content (AvgIpc) is 3.34. The standard InChI is InChI=1S/C26H16I2N2O8/c27-18-8-14(9-19(28)22(18)36-11-13-1-3-15(4-2-13)25(33)34)7-17-23(31)29-26(35)30(24(17)32)16-5-6-20-21(10-16)38-12-37-20/h1-10H,11-12H2,(H,33,34)(H,29,31,35)/b17-7+. The van der Waals surface area contributed by atoms with Crippen LogP contribution >= 0.6 is 45.2 Å². The van der Waals surface area contributed by atoms with E-state index in [9.17, 15) is 19.2 Å². The Kier molecular flexibility index (Phi) is 7.25. The van der Waals surface area contributed by atoms with E-state index in [1.807, 2.05) is 0 Å². The van der Waals surface area contributed by atoms with Crippen molar-refractivity contribution in [2.45, 2.75) is 6.61 Å². The molecule has 12 heteroatoms. The molecule has 2 heterocycles. The molecule has 0 saturated carbocycles. The molecule has 0 aromatic heterocycles. The molecule has 0 spiro atoms. The number of amides is 4. The lowest BCUT2D eigenvalue weighted by Gasteiger charge is -2.26. The largest absolute Gasteiger partial charge is 0.487 e. The van der Waals surface area contributed by atoms with Crippen LogP contribution in [-0.2, 0) is 16.2 Å². The molecule has 2 aliphatic rings. The van der Waals surface area contributed by atoms with Crippen molar-refractivity contribution in [1.82, 2.24) is 5.32 Å². The predicted molar refractivity (Wildman–Crippen MR) is 151 cm³/mol. The Labute approximate surface area is 242 Å². The monoisotopic (exact) mass is 738 g/mol. The summed E-state index contributed by atoms with van der Waals surface area (Å²) in [4.78, 5) is 50.3. The van der Waals surface area contributed by atoms with Gasteiger partial charge in [-0.1, -0.05) is 12.1 Å². The van der Waals surface area contributed by atoms with Gasteiger partial charge >= 0.3 is 12.0 Å². The molecule has 5 rings (SSSR count). The number of fused-ring (bicyclic) bond motifs is 1. The predicted octanol–water partition coefficient (Wildman–Crippen LogP) is 4.57. The molecule has 3 aromatic rings. The summed E-state index contributed by atoms with van der Waals surface area (Å²) in [6.45, 7) is 0.260. The molecule has 0 radical (unpaired) electrons. The third kappa shape index (κ3) is 5.18. The molecule has 1 saturated heterocycles. The Morgan fingerprint density at radius 1 is 1.00 bits per heavy atom. The van der Waals surface area contributed by atoms with Crippen molar-refractivity contribution in [3.05, 3.63) is 84.0 Å². The first-order valence-corrected chi connectivity index (χ1v) is 13.1. The molecular weight excluding hydrogens is 722 g/mol. The van der Waals surface area contributed by atoms with E-state index in [0.29, 0.717) is 22.8 Å². The molecule has 0 bridgehead atoms. The summed E-state index contributed by atoms with van der Waals surface area (Å²) in [6, 6.07) is 13.6. The molecule has 0 unspecified atom stereocenters. The lowest BCUT2D eigenvalue weighted by molar-refractivity contribution is -0.122. The number of ether oxygens (including phenoxy) is 3. The number of carbonyl (C=O) groups excluding carboxylic acids is 3. The van der Waals surface area contributed by atoms with Crippen LogP contribution in [0.4, 0.5) is 10.5 Å². The van der Waals surface area contributed by atoms with Crippen LogP contribution in [0, 0.1) is 7.14 Å². The minimum Gasteiger partial charge on any atom is -0.487 e. The Bertz CT molecular complexity index is 1510. The molecule has 4 amide bonds. The van der Waals surface area contributed by atoms with Crippen molar-refractivity contribution in [3.8, 4) is 17.2 Å². The van der Waals surface area contributed by atoms with Crippen LogP contribution in [0.2, 0.25) is 0 Å². The van der Waals surface area contributed by atoms with E-state index in [0.717, 1.165) is 17.6 Å². The van der Waals surface area contributed by atoms with Crippen LogP contribution in [0.25, 0.3) is 6.08 Å². The fourth-order valence-electron chi connectivity index (χ4n) is 3.78. The third-order valence-corrected chi connectivity index (χ3v) is 7.23. The van der Waals surface area contributed by atoms with Gasteiger partial charge in [-0.05, 0) is 98.8 Å². The molecule has 0 aliphatic carbocycles. The van der Waals surface area contributed by atoms with Crippen LogP contribution in [0.15, 0.2) is 60.2 Å². The van der Waals surface area contributed by atoms with Gasteiger partial charge in [0.05, 0.1) is 18.4 Å². The minimum absolute atomic E-state index is 0.0382. The number of aromatic carboxylic acids is 1. The number of carboxylic acid groups (broad SMARTS) is 1. The smallest absolute Gasteiger partial charge is 0.335 e. The van der Waals surface area contributed by atoms with E-state index in [2.05, 4.69) is 50.5 Å². The number of hydrogen-bond acceptors (Lipinski definition) is 7. The number of imide groups is 2. The first kappa shape index (κ1) is 26.0. The second kappa shape index (κ2) is 10.6. The van der Waals surface area contributed by atoms with Crippen molar-refractivity contribution < 1.29 is 38.5 Å². The normalized spacial score (nSPS) is 15.6. The first-order chi connectivity index (χ1) is 18.2. The number of halogens is 2. The molecule has 38 heavy (non-hydrogen) atoms. The summed E-state index contributed by atoms with van der Waals surface area (Å²) in [6.07, 6.45) is 1.42. The highest BCUT2D eigenvalue weighted by molar-refractivity contribution is 14.1. The third-order valence-electron chi connectivity index (χ3n) is 5.63. The Morgan fingerprint density at radius 3 is 2.37 bits per heavy atom. The number of carbonyl (C=O) groups is 4. The van der Waals surface area contributed by atoms with Gasteiger partial charge in [-0.15, -0.1) is 0 Å². The summed E-state index contributed by atoms with van der Waals surface area (Å²) >= 11 is 4.19. The number of anilines is 1. The summed E-state index contributed by atoms with van der Waals surface area (Å²) in [5.41, 5.74) is 1.58. The zero-order valence-electron chi connectivity index (χ0n) is 19.2. The second-order valence-electron chi connectivity index (χ2n) is 8.10. The number of nitrogens with one attached hydrogen (secondary N) is 1. The van der Waals surface area contributed by atoms with Gasteiger partial charge in [-0.25, -0.2) is 14.5 Å². The second-order valence-corrected chi connectivity index (χ2v) is 10.4. The minimum atomic E-state index is -1.00. The lowest BCUT2D eigenvalue weighted by Crippen LogP contribution is -2.54. The van der Waals surface area contributed by atoms with Gasteiger partial charge in [0.2, 0.25) is 6.79 Å². The highest BCUT2D eigenvalue weighted by Crippen LogP contribution is 2.37. The van der Waals surface area contributed by atoms with Gasteiger partial charge in [0.1, 0.15) is 17.9 Å². The fourth-order valence-corrected chi connectivity index (χ4v) is 5.91. The lowest BCUT2D eigenvalue weighted by atomic mass is 10.1. The maximum Gasteiger partial charge on any atom is 0.335 e. The Morgan fingerprint density at radius 2 is 1.68 bits per heavy atom. The zero-order valence-corrected chi connectivity index (χ0v) is 23.5. The fraction of sp³-hybridized carbons (Fsp3) is 0.0769. The summed E-state index contributed by atoms with van der Waals surface area (Å²) in [7, 11) is 0. The highest BCUT2D eigenvalue weighted by Gasteiger charge is 2.37. The van der Waals surface area contributed by atoms with E-state index in [4.69, 9.17) is 19.3 Å². The molecule has 2 aliphatic heterocycles. The number of benzene rings is 3. The quantitative estimate of drug-likeness (QED) is 0.214. The molecule has 10 nitrogen and oxygen atoms in total. The summed E-state index contributed by atoms with van der Waals surface area (Å²) in [5, 5.41) is 11.2. The van der Waals surface area contributed by atoms with Crippen molar-refractivity contribution in [3.63, 3.8) is 0 Å². The number of urea groups is 1. The van der Waals surface area contributed by atoms with E-state index in [1.165, 1.54) is 30.3 Å². The van der Waals surface area contributed by atoms with Crippen LogP contribution in [0.5, 0.6) is 17.2 Å². The van der Waals surface area contributed by atoms with Crippen LogP contribution in [0.3, 0.4) is 0 Å². The number of nitrogens with zero attached hydrogens (tertiary/aromatic N) is 1. The van der Waals surface area contributed by atoms with Gasteiger partial charge in [0.15, 0.2) is 11.5 Å². The van der Waals surface area contributed by atoms with E-state index >= 15 is 0 Å². The first-order valence-electron chi connectivity index (χ1n) is 11.0. The van der Waals surface area contributed by atoms with Crippen LogP contribution in [0.1, 0.15) is 21.5 Å². The molecule has 0 atom stereocenters. The van der Waals surface area contributed by atoms with E-state index < -0.39 is 23.8 Å². The van der Waals surface area contributed by atoms with Crippen molar-refractivity contribution in [2.75, 3.05) is 11.7 Å². The molecular formula is C26H16I2N2O8. The maximum absolute atomic E-state index is 13.3. The number of rotatable bonds is 6. The Hall–Kier alpha value is -3.66. The Balaban J connectivity index is 1.38. The maximum atomic E-state index is 13.3. The van der Waals surface area contributed by atoms with E-state index in [-0.39, 0.29) is 30.2 Å². The van der Waals surface area contributed by atoms with Crippen molar-refractivity contribution in [2.24, 2.45) is 0 Å². The van der Waals surface area contributed by atoms with Crippen LogP contribution < -0.4 is 24.4 Å². The zero-order chi connectivity index (χ0) is 27.0. The van der Waals surface area contributed by atoms with E-state index in [1.54, 1.807) is 30.3 Å². The van der Waals surface area contributed by atoms with Gasteiger partial charge in [-0.3, -0.25) is 14.9 Å². The molecule has 3 aromatic carbocycles. The number of carboxylic acids is 1. The highest BCUT2D eigenvalue weighted by atomic mass is 127. The van der Waals surface area contributed by atoms with Gasteiger partial charge < -0.3 is 19.3 Å². The van der Waals surface area contributed by atoms with Gasteiger partial charge in [-0.2, -0.15) is 0 Å². The number of hydrogen-bond donors (Lipinski definition) is 2. The molecule has 1 fully saturated rings. The average molecular weight is 738 g/mol. The molecule has 2 N–H and O–H groups in total. The van der Waals surface area contributed by atoms with Crippen molar-refractivity contribution >= 4 is 80.8 Å². The number of barbiturate groups is 1. The van der Waals surface area contributed by atoms with Gasteiger partial charge in [0.25, 0.3) is 11.8 Å². The topological polar surface area (TPSA) is 131 Å². The van der Waals surface area contributed by atoms with Gasteiger partial charge in [0, 0.05) is 6.07 Å². The van der Waals surface area contributed by atoms with Crippen molar-refractivity contribution in [1.29, 1.82) is 0 Å². The molecule has 192 valence electrons. The van der Waals surface area contributed by atoms with Crippen LogP contribution in [-0.4, -0.2) is 35.7 Å². The summed E-state index contributed by atoms with van der Waals surface area (Å²) in [5.74, 6) is -1.08.